The lowest BCUT2D eigenvalue weighted by molar-refractivity contribution is -0.127. The molecule has 2 unspecified atom stereocenters. The fraction of sp³-hybridized carbons (Fsp3) is 0.536. The molecule has 2 atom stereocenters. The van der Waals surface area contributed by atoms with Crippen molar-refractivity contribution in [3.05, 3.63) is 52.1 Å². The van der Waals surface area contributed by atoms with Crippen LogP contribution in [0.3, 0.4) is 0 Å². The second-order valence-electron chi connectivity index (χ2n) is 11.7. The van der Waals surface area contributed by atoms with Gasteiger partial charge >= 0.3 is 0 Å². The van der Waals surface area contributed by atoms with Gasteiger partial charge in [0.15, 0.2) is 5.78 Å². The Balaban J connectivity index is 1.70. The molecule has 2 spiro atoms. The zero-order valence-corrected chi connectivity index (χ0v) is 20.2. The van der Waals surface area contributed by atoms with Crippen LogP contribution in [0.2, 0.25) is 0 Å². The van der Waals surface area contributed by atoms with Gasteiger partial charge in [0, 0.05) is 23.9 Å². The highest BCUT2D eigenvalue weighted by molar-refractivity contribution is 6.21. The van der Waals surface area contributed by atoms with E-state index in [2.05, 4.69) is 19.1 Å². The fourth-order valence-corrected chi connectivity index (χ4v) is 7.64. The molecule has 1 saturated carbocycles. The van der Waals surface area contributed by atoms with E-state index in [-0.39, 0.29) is 40.0 Å². The van der Waals surface area contributed by atoms with Gasteiger partial charge in [0.25, 0.3) is 0 Å². The molecular weight excluding hydrogens is 426 g/mol. The summed E-state index contributed by atoms with van der Waals surface area (Å²) in [5.74, 6) is 0.376. The first-order valence-electron chi connectivity index (χ1n) is 12.5. The van der Waals surface area contributed by atoms with Gasteiger partial charge in [-0.1, -0.05) is 58.2 Å². The van der Waals surface area contributed by atoms with Crippen LogP contribution in [-0.4, -0.2) is 17.2 Å². The molecule has 34 heavy (non-hydrogen) atoms. The van der Waals surface area contributed by atoms with Crippen molar-refractivity contribution in [1.82, 2.24) is 0 Å². The number of hydrogen-bond donors (Lipinski definition) is 1. The zero-order valence-electron chi connectivity index (χ0n) is 20.2. The van der Waals surface area contributed by atoms with Crippen LogP contribution >= 0.6 is 0 Å². The van der Waals surface area contributed by atoms with Crippen molar-refractivity contribution >= 4 is 17.4 Å². The molecule has 3 heterocycles. The molecule has 3 aliphatic heterocycles. The highest BCUT2D eigenvalue weighted by Crippen LogP contribution is 2.63. The van der Waals surface area contributed by atoms with Crippen molar-refractivity contribution in [3.63, 3.8) is 0 Å². The summed E-state index contributed by atoms with van der Waals surface area (Å²) in [6.45, 7) is 6.27. The number of fused-ring (bicyclic) bond motifs is 3. The number of ether oxygens (including phenoxy) is 1. The molecule has 0 saturated heterocycles. The smallest absolute Gasteiger partial charge is 0.248 e. The van der Waals surface area contributed by atoms with Crippen molar-refractivity contribution in [2.45, 2.75) is 89.0 Å². The molecule has 1 aromatic rings. The SMILES string of the molecule is CC1CC2(CCCCC2)N2C(=O)C3(C(C#N)=C(N)OC4=C3C(=O)CC(C)(C)C4)c3cccc1c32. The summed E-state index contributed by atoms with van der Waals surface area (Å²) in [4.78, 5) is 30.6. The Bertz CT molecular complexity index is 1260. The Hall–Kier alpha value is -3.07. The van der Waals surface area contributed by atoms with E-state index in [1.807, 2.05) is 30.9 Å². The van der Waals surface area contributed by atoms with E-state index in [1.165, 1.54) is 6.42 Å². The molecule has 0 bridgehead atoms. The number of benzene rings is 1. The third-order valence-corrected chi connectivity index (χ3v) is 8.87. The maximum Gasteiger partial charge on any atom is 0.248 e. The number of ketones is 1. The highest BCUT2D eigenvalue weighted by atomic mass is 16.5. The molecule has 1 amide bonds. The predicted octanol–water partition coefficient (Wildman–Crippen LogP) is 4.85. The standard InChI is InChI=1S/C28H31N3O3/c1-16-12-27(10-5-4-6-11-27)31-23-17(16)8-7-9-18(23)28(25(31)33)19(15-29)24(30)34-21-14-26(2,3)13-20(32)22(21)28/h7-9,16H,4-6,10-14,30H2,1-3H3. The van der Waals surface area contributed by atoms with Crippen LogP contribution in [0.1, 0.15) is 89.2 Å². The van der Waals surface area contributed by atoms with Gasteiger partial charge in [-0.15, -0.1) is 0 Å². The lowest BCUT2D eigenvalue weighted by atomic mass is 9.62. The average Bonchev–Trinajstić information content (AvgIpc) is 3.02. The van der Waals surface area contributed by atoms with Crippen molar-refractivity contribution < 1.29 is 14.3 Å². The molecule has 6 heteroatoms. The number of anilines is 1. The molecule has 1 fully saturated rings. The second kappa shape index (κ2) is 6.75. The number of rotatable bonds is 0. The normalized spacial score (nSPS) is 30.9. The second-order valence-corrected chi connectivity index (χ2v) is 11.7. The van der Waals surface area contributed by atoms with Gasteiger partial charge in [-0.25, -0.2) is 0 Å². The van der Waals surface area contributed by atoms with Crippen LogP contribution in [0, 0.1) is 16.7 Å². The quantitative estimate of drug-likeness (QED) is 0.601. The third kappa shape index (κ3) is 2.45. The highest BCUT2D eigenvalue weighted by Gasteiger charge is 2.67. The molecule has 176 valence electrons. The Kier molecular flexibility index (Phi) is 4.26. The van der Waals surface area contributed by atoms with E-state index in [9.17, 15) is 14.9 Å². The van der Waals surface area contributed by atoms with Gasteiger partial charge in [-0.3, -0.25) is 9.59 Å². The minimum atomic E-state index is -1.51. The van der Waals surface area contributed by atoms with Gasteiger partial charge in [-0.2, -0.15) is 5.26 Å². The summed E-state index contributed by atoms with van der Waals surface area (Å²) in [5, 5.41) is 10.3. The zero-order chi connectivity index (χ0) is 24.0. The van der Waals surface area contributed by atoms with Crippen molar-refractivity contribution in [1.29, 1.82) is 5.26 Å². The van der Waals surface area contributed by atoms with E-state index in [1.54, 1.807) is 0 Å². The Morgan fingerprint density at radius 2 is 1.88 bits per heavy atom. The van der Waals surface area contributed by atoms with Crippen LogP contribution in [0.4, 0.5) is 5.69 Å². The first-order valence-corrected chi connectivity index (χ1v) is 12.5. The molecule has 2 aliphatic carbocycles. The van der Waals surface area contributed by atoms with Crippen molar-refractivity contribution in [2.75, 3.05) is 4.90 Å². The number of allylic oxidation sites excluding steroid dienone is 1. The number of nitrogens with zero attached hydrogens (tertiary/aromatic N) is 2. The predicted molar refractivity (Wildman–Crippen MR) is 127 cm³/mol. The van der Waals surface area contributed by atoms with Gasteiger partial charge < -0.3 is 15.4 Å². The number of nitrogens with two attached hydrogens (primary N) is 1. The number of Topliss-reactive ketones (excluding diaryl/α,β-unsaturated/α-hetero) is 1. The maximum absolute atomic E-state index is 14.9. The van der Waals surface area contributed by atoms with Crippen LogP contribution < -0.4 is 10.6 Å². The number of hydrogen-bond acceptors (Lipinski definition) is 5. The lowest BCUT2D eigenvalue weighted by Crippen LogP contribution is -2.59. The molecule has 1 aromatic carbocycles. The monoisotopic (exact) mass is 457 g/mol. The van der Waals surface area contributed by atoms with Crippen LogP contribution in [0.25, 0.3) is 0 Å². The summed E-state index contributed by atoms with van der Waals surface area (Å²) >= 11 is 0. The van der Waals surface area contributed by atoms with Gasteiger partial charge in [0.2, 0.25) is 11.8 Å². The summed E-state index contributed by atoms with van der Waals surface area (Å²) in [5.41, 5.74) is 7.41. The summed E-state index contributed by atoms with van der Waals surface area (Å²) in [7, 11) is 0. The molecule has 5 aliphatic rings. The number of carbonyl (C=O) groups is 2. The fourth-order valence-electron chi connectivity index (χ4n) is 7.64. The van der Waals surface area contributed by atoms with Crippen LogP contribution in [-0.2, 0) is 19.7 Å². The van der Waals surface area contributed by atoms with E-state index >= 15 is 0 Å². The van der Waals surface area contributed by atoms with Crippen LogP contribution in [0.5, 0.6) is 0 Å². The molecule has 0 radical (unpaired) electrons. The first kappa shape index (κ1) is 21.5. The van der Waals surface area contributed by atoms with Crippen LogP contribution in [0.15, 0.2) is 41.0 Å². The van der Waals surface area contributed by atoms with E-state index in [0.29, 0.717) is 24.2 Å². The topological polar surface area (TPSA) is 96.4 Å². The molecule has 0 aromatic heterocycles. The molecule has 6 nitrogen and oxygen atoms in total. The lowest BCUT2D eigenvalue weighted by Gasteiger charge is -2.51. The van der Waals surface area contributed by atoms with Crippen molar-refractivity contribution in [2.24, 2.45) is 11.1 Å². The summed E-state index contributed by atoms with van der Waals surface area (Å²) < 4.78 is 5.95. The van der Waals surface area contributed by atoms with E-state index < -0.39 is 5.41 Å². The first-order chi connectivity index (χ1) is 16.2. The number of amides is 1. The molecular formula is C28H31N3O3. The summed E-state index contributed by atoms with van der Waals surface area (Å²) in [6, 6.07) is 8.20. The molecule has 2 N–H and O–H groups in total. The number of para-hydroxylation sites is 1. The minimum absolute atomic E-state index is 0.0525. The Morgan fingerprint density at radius 1 is 1.15 bits per heavy atom. The van der Waals surface area contributed by atoms with Gasteiger partial charge in [0.05, 0.1) is 11.3 Å². The Morgan fingerprint density at radius 3 is 2.59 bits per heavy atom. The largest absolute Gasteiger partial charge is 0.444 e. The number of nitriles is 1. The molecule has 6 rings (SSSR count). The average molecular weight is 458 g/mol. The van der Waals surface area contributed by atoms with E-state index in [4.69, 9.17) is 10.5 Å². The summed E-state index contributed by atoms with van der Waals surface area (Å²) in [6.07, 6.45) is 6.91. The third-order valence-electron chi connectivity index (χ3n) is 8.87. The number of carbonyl (C=O) groups excluding carboxylic acids is 2. The van der Waals surface area contributed by atoms with Crippen molar-refractivity contribution in [3.8, 4) is 6.07 Å². The minimum Gasteiger partial charge on any atom is -0.444 e. The van der Waals surface area contributed by atoms with Gasteiger partial charge in [0.1, 0.15) is 22.8 Å². The van der Waals surface area contributed by atoms with E-state index in [0.717, 1.165) is 48.9 Å². The maximum atomic E-state index is 14.9. The Labute approximate surface area is 200 Å². The van der Waals surface area contributed by atoms with Gasteiger partial charge in [-0.05, 0) is 36.2 Å².